The van der Waals surface area contributed by atoms with E-state index < -0.39 is 5.76 Å². The molecule has 5 heteroatoms. The molecule has 0 bridgehead atoms. The highest BCUT2D eigenvalue weighted by molar-refractivity contribution is 5.92. The number of para-hydroxylation sites is 3. The van der Waals surface area contributed by atoms with E-state index in [9.17, 15) is 9.59 Å². The standard InChI is InChI=1S/C18H18N2O3/c1-12(2)13-7-3-4-8-14(13)19-17(21)11-20-15-9-5-6-10-16(15)23-18(20)22/h3-10,12H,11H2,1-2H3,(H,19,21). The maximum Gasteiger partial charge on any atom is 0.420 e. The van der Waals surface area contributed by atoms with Crippen molar-refractivity contribution < 1.29 is 9.21 Å². The molecule has 1 amide bonds. The molecule has 0 aliphatic rings. The highest BCUT2D eigenvalue weighted by atomic mass is 16.4. The van der Waals surface area contributed by atoms with E-state index in [2.05, 4.69) is 19.2 Å². The first-order chi connectivity index (χ1) is 11.1. The number of aromatic nitrogens is 1. The monoisotopic (exact) mass is 310 g/mol. The zero-order valence-electron chi connectivity index (χ0n) is 13.1. The third-order valence-electron chi connectivity index (χ3n) is 3.73. The second kappa shape index (κ2) is 6.12. The van der Waals surface area contributed by atoms with Crippen LogP contribution in [0.5, 0.6) is 0 Å². The Kier molecular flexibility index (Phi) is 4.02. The molecule has 5 nitrogen and oxygen atoms in total. The molecule has 0 fully saturated rings. The Morgan fingerprint density at radius 3 is 2.61 bits per heavy atom. The summed E-state index contributed by atoms with van der Waals surface area (Å²) in [4.78, 5) is 24.3. The molecular formula is C18H18N2O3. The number of anilines is 1. The minimum Gasteiger partial charge on any atom is -0.408 e. The van der Waals surface area contributed by atoms with Gasteiger partial charge in [0.1, 0.15) is 6.54 Å². The van der Waals surface area contributed by atoms with E-state index >= 15 is 0 Å². The predicted octanol–water partition coefficient (Wildman–Crippen LogP) is 3.36. The summed E-state index contributed by atoms with van der Waals surface area (Å²) >= 11 is 0. The number of amides is 1. The van der Waals surface area contributed by atoms with Crippen LogP contribution in [-0.4, -0.2) is 10.5 Å². The Hall–Kier alpha value is -2.82. The Balaban J connectivity index is 1.85. The third kappa shape index (κ3) is 3.04. The third-order valence-corrected chi connectivity index (χ3v) is 3.73. The van der Waals surface area contributed by atoms with Crippen molar-refractivity contribution in [2.45, 2.75) is 26.3 Å². The van der Waals surface area contributed by atoms with Crippen LogP contribution in [0.3, 0.4) is 0 Å². The maximum absolute atomic E-state index is 12.3. The molecule has 3 rings (SSSR count). The highest BCUT2D eigenvalue weighted by Gasteiger charge is 2.14. The van der Waals surface area contributed by atoms with E-state index in [1.807, 2.05) is 24.3 Å². The van der Waals surface area contributed by atoms with Crippen molar-refractivity contribution >= 4 is 22.7 Å². The average Bonchev–Trinajstić information content (AvgIpc) is 2.83. The fourth-order valence-corrected chi connectivity index (χ4v) is 2.61. The van der Waals surface area contributed by atoms with E-state index in [1.165, 1.54) is 4.57 Å². The van der Waals surface area contributed by atoms with Crippen molar-refractivity contribution in [1.82, 2.24) is 4.57 Å². The molecule has 1 N–H and O–H groups in total. The lowest BCUT2D eigenvalue weighted by atomic mass is 10.0. The van der Waals surface area contributed by atoms with Gasteiger partial charge in [-0.25, -0.2) is 4.79 Å². The molecule has 0 radical (unpaired) electrons. The highest BCUT2D eigenvalue weighted by Crippen LogP contribution is 2.23. The molecule has 3 aromatic rings. The van der Waals surface area contributed by atoms with Crippen LogP contribution in [0.1, 0.15) is 25.3 Å². The molecule has 0 aliphatic heterocycles. The zero-order valence-corrected chi connectivity index (χ0v) is 13.1. The minimum absolute atomic E-state index is 0.0811. The molecule has 0 aliphatic carbocycles. The van der Waals surface area contributed by atoms with Crippen LogP contribution in [0.15, 0.2) is 57.7 Å². The summed E-state index contributed by atoms with van der Waals surface area (Å²) in [6, 6.07) is 14.7. The van der Waals surface area contributed by atoms with Crippen LogP contribution >= 0.6 is 0 Å². The first kappa shape index (κ1) is 15.1. The predicted molar refractivity (Wildman–Crippen MR) is 89.6 cm³/mol. The largest absolute Gasteiger partial charge is 0.420 e. The second-order valence-corrected chi connectivity index (χ2v) is 5.71. The van der Waals surface area contributed by atoms with Crippen molar-refractivity contribution in [2.75, 3.05) is 5.32 Å². The number of carbonyl (C=O) groups is 1. The Morgan fingerprint density at radius 2 is 1.83 bits per heavy atom. The van der Waals surface area contributed by atoms with Crippen molar-refractivity contribution in [2.24, 2.45) is 0 Å². The van der Waals surface area contributed by atoms with E-state index in [0.717, 1.165) is 11.3 Å². The van der Waals surface area contributed by atoms with Crippen LogP contribution in [0.4, 0.5) is 5.69 Å². The lowest BCUT2D eigenvalue weighted by Crippen LogP contribution is -2.25. The molecule has 0 atom stereocenters. The first-order valence-corrected chi connectivity index (χ1v) is 7.53. The van der Waals surface area contributed by atoms with Crippen LogP contribution < -0.4 is 11.1 Å². The molecule has 1 heterocycles. The number of hydrogen-bond donors (Lipinski definition) is 1. The number of hydrogen-bond acceptors (Lipinski definition) is 3. The van der Waals surface area contributed by atoms with Gasteiger partial charge in [-0.2, -0.15) is 0 Å². The molecule has 0 spiro atoms. The van der Waals surface area contributed by atoms with Crippen molar-refractivity contribution in [1.29, 1.82) is 0 Å². The summed E-state index contributed by atoms with van der Waals surface area (Å²) in [6.07, 6.45) is 0. The number of nitrogens with one attached hydrogen (secondary N) is 1. The topological polar surface area (TPSA) is 64.2 Å². The van der Waals surface area contributed by atoms with Gasteiger partial charge in [-0.05, 0) is 29.7 Å². The molecular weight excluding hydrogens is 292 g/mol. The zero-order chi connectivity index (χ0) is 16.4. The molecule has 0 unspecified atom stereocenters. The molecule has 0 saturated carbocycles. The number of fused-ring (bicyclic) bond motifs is 1. The van der Waals surface area contributed by atoms with Gasteiger partial charge in [0.15, 0.2) is 5.58 Å². The van der Waals surface area contributed by atoms with E-state index in [0.29, 0.717) is 17.0 Å². The molecule has 2 aromatic carbocycles. The normalized spacial score (nSPS) is 11.1. The van der Waals surface area contributed by atoms with Gasteiger partial charge in [-0.15, -0.1) is 0 Å². The van der Waals surface area contributed by atoms with Crippen molar-refractivity contribution in [3.8, 4) is 0 Å². The molecule has 1 aromatic heterocycles. The summed E-state index contributed by atoms with van der Waals surface area (Å²) in [5.41, 5.74) is 2.93. The fourth-order valence-electron chi connectivity index (χ4n) is 2.61. The number of benzene rings is 2. The SMILES string of the molecule is CC(C)c1ccccc1NC(=O)Cn1c(=O)oc2ccccc21. The van der Waals surface area contributed by atoms with Crippen LogP contribution in [0, 0.1) is 0 Å². The number of carbonyl (C=O) groups excluding carboxylic acids is 1. The molecule has 0 saturated heterocycles. The first-order valence-electron chi connectivity index (χ1n) is 7.53. The van der Waals surface area contributed by atoms with Gasteiger partial charge in [0.2, 0.25) is 5.91 Å². The summed E-state index contributed by atoms with van der Waals surface area (Å²) in [7, 11) is 0. The Labute approximate surface area is 133 Å². The fraction of sp³-hybridized carbons (Fsp3) is 0.222. The molecule has 118 valence electrons. The van der Waals surface area contributed by atoms with Crippen LogP contribution in [0.25, 0.3) is 11.1 Å². The summed E-state index contributed by atoms with van der Waals surface area (Å²) in [5.74, 6) is -0.491. The van der Waals surface area contributed by atoms with E-state index in [1.54, 1.807) is 24.3 Å². The minimum atomic E-state index is -0.529. The molecule has 23 heavy (non-hydrogen) atoms. The summed E-state index contributed by atoms with van der Waals surface area (Å²) in [6.45, 7) is 4.06. The number of rotatable bonds is 4. The van der Waals surface area contributed by atoms with Crippen LogP contribution in [0.2, 0.25) is 0 Å². The van der Waals surface area contributed by atoms with Crippen molar-refractivity contribution in [3.63, 3.8) is 0 Å². The van der Waals surface area contributed by atoms with Gasteiger partial charge >= 0.3 is 5.76 Å². The Morgan fingerprint density at radius 1 is 1.13 bits per heavy atom. The summed E-state index contributed by atoms with van der Waals surface area (Å²) in [5, 5.41) is 2.88. The van der Waals surface area contributed by atoms with Gasteiger partial charge in [-0.3, -0.25) is 9.36 Å². The van der Waals surface area contributed by atoms with Gasteiger partial charge in [0.25, 0.3) is 0 Å². The lowest BCUT2D eigenvalue weighted by Gasteiger charge is -2.13. The smallest absolute Gasteiger partial charge is 0.408 e. The second-order valence-electron chi connectivity index (χ2n) is 5.71. The number of oxazole rings is 1. The maximum atomic E-state index is 12.3. The summed E-state index contributed by atoms with van der Waals surface area (Å²) < 4.78 is 6.48. The van der Waals surface area contributed by atoms with Crippen LogP contribution in [-0.2, 0) is 11.3 Å². The quantitative estimate of drug-likeness (QED) is 0.803. The van der Waals surface area contributed by atoms with Crippen molar-refractivity contribution in [3.05, 3.63) is 64.6 Å². The van der Waals surface area contributed by atoms with Gasteiger partial charge in [0, 0.05) is 5.69 Å². The van der Waals surface area contributed by atoms with E-state index in [4.69, 9.17) is 4.42 Å². The van der Waals surface area contributed by atoms with Gasteiger partial charge < -0.3 is 9.73 Å². The Bertz CT molecular complexity index is 906. The lowest BCUT2D eigenvalue weighted by molar-refractivity contribution is -0.116. The van der Waals surface area contributed by atoms with E-state index in [-0.39, 0.29) is 12.5 Å². The number of nitrogens with zero attached hydrogens (tertiary/aromatic N) is 1. The average molecular weight is 310 g/mol. The van der Waals surface area contributed by atoms with Gasteiger partial charge in [-0.1, -0.05) is 44.2 Å². The van der Waals surface area contributed by atoms with Gasteiger partial charge in [0.05, 0.1) is 5.52 Å².